The molecule has 0 radical (unpaired) electrons. The van der Waals surface area contributed by atoms with Crippen LogP contribution in [0.15, 0.2) is 18.2 Å². The van der Waals surface area contributed by atoms with Crippen LogP contribution in [-0.2, 0) is 4.79 Å². The third kappa shape index (κ3) is 3.69. The fourth-order valence-corrected chi connectivity index (χ4v) is 2.40. The molecule has 2 N–H and O–H groups in total. The second kappa shape index (κ2) is 7.15. The molecule has 0 unspecified atom stereocenters. The van der Waals surface area contributed by atoms with E-state index in [0.29, 0.717) is 43.1 Å². The molecular formula is C16H21NO5. The van der Waals surface area contributed by atoms with Gasteiger partial charge in [0.25, 0.3) is 5.91 Å². The van der Waals surface area contributed by atoms with Crippen LogP contribution in [0.1, 0.15) is 37.0 Å². The first-order valence-electron chi connectivity index (χ1n) is 7.48. The third-order valence-corrected chi connectivity index (χ3v) is 3.63. The number of carboxylic acid groups (broad SMARTS) is 1. The van der Waals surface area contributed by atoms with E-state index in [1.165, 1.54) is 0 Å². The Kier molecular flexibility index (Phi) is 5.25. The number of nitrogens with one attached hydrogen (secondary N) is 1. The van der Waals surface area contributed by atoms with Gasteiger partial charge in [0.2, 0.25) is 0 Å². The smallest absolute Gasteiger partial charge is 0.306 e. The van der Waals surface area contributed by atoms with Gasteiger partial charge in [0.05, 0.1) is 19.1 Å². The Morgan fingerprint density at radius 1 is 1.18 bits per heavy atom. The predicted molar refractivity (Wildman–Crippen MR) is 80.4 cm³/mol. The Balaban J connectivity index is 2.00. The molecule has 0 bridgehead atoms. The fraction of sp³-hybridized carbons (Fsp3) is 0.500. The highest BCUT2D eigenvalue weighted by molar-refractivity contribution is 5.95. The van der Waals surface area contributed by atoms with Crippen molar-refractivity contribution in [2.24, 2.45) is 5.92 Å². The van der Waals surface area contributed by atoms with E-state index in [9.17, 15) is 9.59 Å². The van der Waals surface area contributed by atoms with E-state index in [0.717, 1.165) is 0 Å². The molecule has 0 heterocycles. The number of carbonyl (C=O) groups is 2. The van der Waals surface area contributed by atoms with Crippen LogP contribution in [0.2, 0.25) is 0 Å². The molecule has 1 fully saturated rings. The first kappa shape index (κ1) is 16.1. The van der Waals surface area contributed by atoms with Gasteiger partial charge in [-0.15, -0.1) is 0 Å². The maximum Gasteiger partial charge on any atom is 0.306 e. The lowest BCUT2D eigenvalue weighted by Crippen LogP contribution is -2.46. The molecule has 2 rings (SSSR count). The molecule has 0 spiro atoms. The molecule has 1 aromatic rings. The standard InChI is InChI=1S/C16H21NO5/c1-3-21-13-6-5-10(9-14(13)22-4-2)15(18)17-12-7-11(8-12)16(19)20/h5-6,9,11-12H,3-4,7-8H2,1-2H3,(H,17,18)(H,19,20). The van der Waals surface area contributed by atoms with Crippen molar-refractivity contribution in [1.29, 1.82) is 0 Å². The van der Waals surface area contributed by atoms with Crippen LogP contribution in [0, 0.1) is 5.92 Å². The summed E-state index contributed by atoms with van der Waals surface area (Å²) in [5, 5.41) is 11.7. The summed E-state index contributed by atoms with van der Waals surface area (Å²) < 4.78 is 10.9. The van der Waals surface area contributed by atoms with Crippen molar-refractivity contribution in [2.75, 3.05) is 13.2 Å². The minimum atomic E-state index is -0.801. The zero-order valence-corrected chi connectivity index (χ0v) is 12.8. The summed E-state index contributed by atoms with van der Waals surface area (Å²) >= 11 is 0. The lowest BCUT2D eigenvalue weighted by molar-refractivity contribution is -0.145. The number of rotatable bonds is 7. The molecule has 6 nitrogen and oxygen atoms in total. The fourth-order valence-electron chi connectivity index (χ4n) is 2.40. The Hall–Kier alpha value is -2.24. The molecule has 1 aromatic carbocycles. The zero-order valence-electron chi connectivity index (χ0n) is 12.8. The first-order chi connectivity index (χ1) is 10.5. The van der Waals surface area contributed by atoms with Gasteiger partial charge in [-0.3, -0.25) is 9.59 Å². The molecule has 1 aliphatic rings. The molecule has 0 saturated heterocycles. The number of carboxylic acids is 1. The van der Waals surface area contributed by atoms with Crippen LogP contribution in [0.4, 0.5) is 0 Å². The largest absolute Gasteiger partial charge is 0.490 e. The van der Waals surface area contributed by atoms with Gasteiger partial charge in [0.1, 0.15) is 0 Å². The zero-order chi connectivity index (χ0) is 16.1. The number of hydrogen-bond donors (Lipinski definition) is 2. The van der Waals surface area contributed by atoms with E-state index < -0.39 is 5.97 Å². The van der Waals surface area contributed by atoms with Crippen LogP contribution in [0.3, 0.4) is 0 Å². The maximum absolute atomic E-state index is 12.2. The number of hydrogen-bond acceptors (Lipinski definition) is 4. The quantitative estimate of drug-likeness (QED) is 0.805. The summed E-state index contributed by atoms with van der Waals surface area (Å²) in [5.74, 6) is -0.225. The Morgan fingerprint density at radius 2 is 1.82 bits per heavy atom. The van der Waals surface area contributed by atoms with E-state index in [1.54, 1.807) is 18.2 Å². The molecule has 1 aliphatic carbocycles. The highest BCUT2D eigenvalue weighted by Gasteiger charge is 2.35. The van der Waals surface area contributed by atoms with E-state index in [2.05, 4.69) is 5.32 Å². The van der Waals surface area contributed by atoms with Gasteiger partial charge in [-0.2, -0.15) is 0 Å². The highest BCUT2D eigenvalue weighted by atomic mass is 16.5. The maximum atomic E-state index is 12.2. The van der Waals surface area contributed by atoms with Gasteiger partial charge < -0.3 is 19.9 Å². The molecule has 0 atom stereocenters. The first-order valence-corrected chi connectivity index (χ1v) is 7.48. The number of ether oxygens (including phenoxy) is 2. The number of aliphatic carboxylic acids is 1. The van der Waals surface area contributed by atoms with Crippen molar-refractivity contribution in [3.63, 3.8) is 0 Å². The summed E-state index contributed by atoms with van der Waals surface area (Å²) in [7, 11) is 0. The van der Waals surface area contributed by atoms with Gasteiger partial charge in [-0.05, 0) is 44.9 Å². The Morgan fingerprint density at radius 3 is 2.41 bits per heavy atom. The topological polar surface area (TPSA) is 84.9 Å². The average Bonchev–Trinajstić information content (AvgIpc) is 2.44. The molecule has 120 valence electrons. The van der Waals surface area contributed by atoms with Crippen LogP contribution >= 0.6 is 0 Å². The highest BCUT2D eigenvalue weighted by Crippen LogP contribution is 2.30. The Bertz CT molecular complexity index is 551. The number of benzene rings is 1. The lowest BCUT2D eigenvalue weighted by Gasteiger charge is -2.32. The Labute approximate surface area is 129 Å². The van der Waals surface area contributed by atoms with E-state index in [1.807, 2.05) is 13.8 Å². The lowest BCUT2D eigenvalue weighted by atomic mass is 9.80. The minimum absolute atomic E-state index is 0.0734. The second-order valence-electron chi connectivity index (χ2n) is 5.20. The van der Waals surface area contributed by atoms with Crippen molar-refractivity contribution in [3.05, 3.63) is 23.8 Å². The number of carbonyl (C=O) groups excluding carboxylic acids is 1. The van der Waals surface area contributed by atoms with Crippen LogP contribution in [0.5, 0.6) is 11.5 Å². The van der Waals surface area contributed by atoms with E-state index >= 15 is 0 Å². The van der Waals surface area contributed by atoms with Crippen molar-refractivity contribution >= 4 is 11.9 Å². The van der Waals surface area contributed by atoms with E-state index in [4.69, 9.17) is 14.6 Å². The SMILES string of the molecule is CCOc1ccc(C(=O)NC2CC(C(=O)O)C2)cc1OCC. The second-order valence-corrected chi connectivity index (χ2v) is 5.20. The molecular weight excluding hydrogens is 286 g/mol. The summed E-state index contributed by atoms with van der Waals surface area (Å²) in [6, 6.07) is 4.97. The molecule has 0 aromatic heterocycles. The monoisotopic (exact) mass is 307 g/mol. The third-order valence-electron chi connectivity index (χ3n) is 3.63. The summed E-state index contributed by atoms with van der Waals surface area (Å²) in [4.78, 5) is 23.0. The summed E-state index contributed by atoms with van der Waals surface area (Å²) in [5.41, 5.74) is 0.477. The van der Waals surface area contributed by atoms with Gasteiger partial charge in [0.15, 0.2) is 11.5 Å². The van der Waals surface area contributed by atoms with E-state index in [-0.39, 0.29) is 17.9 Å². The van der Waals surface area contributed by atoms with Crippen molar-refractivity contribution in [3.8, 4) is 11.5 Å². The van der Waals surface area contributed by atoms with Crippen LogP contribution in [-0.4, -0.2) is 36.2 Å². The molecule has 1 saturated carbocycles. The summed E-state index contributed by atoms with van der Waals surface area (Å²) in [6.45, 7) is 4.74. The average molecular weight is 307 g/mol. The molecule has 0 aliphatic heterocycles. The van der Waals surface area contributed by atoms with Gasteiger partial charge in [-0.1, -0.05) is 0 Å². The van der Waals surface area contributed by atoms with Gasteiger partial charge in [-0.25, -0.2) is 0 Å². The number of amides is 1. The normalized spacial score (nSPS) is 19.9. The van der Waals surface area contributed by atoms with Crippen molar-refractivity contribution in [1.82, 2.24) is 5.32 Å². The minimum Gasteiger partial charge on any atom is -0.490 e. The van der Waals surface area contributed by atoms with Gasteiger partial charge in [0, 0.05) is 11.6 Å². The summed E-state index contributed by atoms with van der Waals surface area (Å²) in [6.07, 6.45) is 0.965. The van der Waals surface area contributed by atoms with Crippen molar-refractivity contribution in [2.45, 2.75) is 32.7 Å². The molecule has 22 heavy (non-hydrogen) atoms. The van der Waals surface area contributed by atoms with Crippen LogP contribution in [0.25, 0.3) is 0 Å². The van der Waals surface area contributed by atoms with Gasteiger partial charge >= 0.3 is 5.97 Å². The molecule has 1 amide bonds. The predicted octanol–water partition coefficient (Wildman–Crippen LogP) is 2.08. The molecule has 6 heteroatoms. The van der Waals surface area contributed by atoms with Crippen molar-refractivity contribution < 1.29 is 24.2 Å². The van der Waals surface area contributed by atoms with Crippen LogP contribution < -0.4 is 14.8 Å².